The third-order valence-corrected chi connectivity index (χ3v) is 5.75. The van der Waals surface area contributed by atoms with Crippen molar-refractivity contribution in [3.05, 3.63) is 64.6 Å². The van der Waals surface area contributed by atoms with Gasteiger partial charge < -0.3 is 10.1 Å². The van der Waals surface area contributed by atoms with Crippen molar-refractivity contribution < 1.29 is 14.3 Å². The molecule has 0 atom stereocenters. The molecule has 2 aromatic carbocycles. The Hall–Kier alpha value is -2.64. The van der Waals surface area contributed by atoms with Gasteiger partial charge in [-0.3, -0.25) is 14.5 Å². The Morgan fingerprint density at radius 2 is 2.00 bits per heavy atom. The van der Waals surface area contributed by atoms with Gasteiger partial charge in [0.25, 0.3) is 5.91 Å². The van der Waals surface area contributed by atoms with Crippen molar-refractivity contribution in [1.29, 1.82) is 0 Å². The van der Waals surface area contributed by atoms with Crippen LogP contribution in [-0.4, -0.2) is 34.7 Å². The molecule has 0 spiro atoms. The van der Waals surface area contributed by atoms with Crippen molar-refractivity contribution in [3.8, 4) is 5.75 Å². The monoisotopic (exact) mass is 426 g/mol. The molecule has 3 rings (SSSR count). The fraction of sp³-hybridized carbons (Fsp3) is 0.227. The van der Waals surface area contributed by atoms with Crippen LogP contribution >= 0.6 is 24.0 Å². The van der Waals surface area contributed by atoms with E-state index in [0.717, 1.165) is 22.6 Å². The second-order valence-electron chi connectivity index (χ2n) is 6.63. The van der Waals surface area contributed by atoms with Crippen LogP contribution in [0.15, 0.2) is 53.4 Å². The summed E-state index contributed by atoms with van der Waals surface area (Å²) in [6, 6.07) is 15.1. The lowest BCUT2D eigenvalue weighted by atomic mass is 10.2. The maximum absolute atomic E-state index is 12.7. The SMILES string of the molecule is COc1ccc(/C=C2\SC(=S)N(CCCC(=O)Nc3cccc(C)c3)C2=O)cc1. The summed E-state index contributed by atoms with van der Waals surface area (Å²) in [4.78, 5) is 27.0. The van der Waals surface area contributed by atoms with Gasteiger partial charge in [-0.2, -0.15) is 0 Å². The van der Waals surface area contributed by atoms with Gasteiger partial charge in [0, 0.05) is 18.7 Å². The number of nitrogens with zero attached hydrogens (tertiary/aromatic N) is 1. The van der Waals surface area contributed by atoms with Crippen LogP contribution in [0.25, 0.3) is 6.08 Å². The molecule has 0 bridgehead atoms. The summed E-state index contributed by atoms with van der Waals surface area (Å²) in [7, 11) is 1.61. The molecule has 1 saturated heterocycles. The van der Waals surface area contributed by atoms with Crippen LogP contribution in [0.5, 0.6) is 5.75 Å². The first-order valence-corrected chi connectivity index (χ1v) is 10.4. The molecule has 29 heavy (non-hydrogen) atoms. The molecule has 5 nitrogen and oxygen atoms in total. The molecule has 0 aliphatic carbocycles. The van der Waals surface area contributed by atoms with Crippen LogP contribution in [0, 0.1) is 6.92 Å². The summed E-state index contributed by atoms with van der Waals surface area (Å²) in [5, 5.41) is 2.88. The summed E-state index contributed by atoms with van der Waals surface area (Å²) in [6.45, 7) is 2.40. The zero-order valence-corrected chi connectivity index (χ0v) is 17.9. The number of thiocarbonyl (C=S) groups is 1. The van der Waals surface area contributed by atoms with E-state index in [-0.39, 0.29) is 11.8 Å². The molecule has 7 heteroatoms. The first-order chi connectivity index (χ1) is 14.0. The maximum Gasteiger partial charge on any atom is 0.266 e. The van der Waals surface area contributed by atoms with Crippen LogP contribution in [-0.2, 0) is 9.59 Å². The number of rotatable bonds is 7. The minimum absolute atomic E-state index is 0.0742. The normalized spacial score (nSPS) is 15.1. The van der Waals surface area contributed by atoms with Gasteiger partial charge in [0.05, 0.1) is 12.0 Å². The molecule has 1 heterocycles. The number of carbonyl (C=O) groups excluding carboxylic acids is 2. The molecule has 0 unspecified atom stereocenters. The van der Waals surface area contributed by atoms with Crippen molar-refractivity contribution >= 4 is 51.9 Å². The number of ether oxygens (including phenoxy) is 1. The van der Waals surface area contributed by atoms with Gasteiger partial charge in [-0.05, 0) is 54.8 Å². The predicted octanol–water partition coefficient (Wildman–Crippen LogP) is 4.62. The van der Waals surface area contributed by atoms with Gasteiger partial charge in [0.15, 0.2) is 0 Å². The van der Waals surface area contributed by atoms with E-state index in [0.29, 0.717) is 28.6 Å². The lowest BCUT2D eigenvalue weighted by Crippen LogP contribution is -2.29. The highest BCUT2D eigenvalue weighted by Gasteiger charge is 2.31. The summed E-state index contributed by atoms with van der Waals surface area (Å²) in [5.74, 6) is 0.573. The topological polar surface area (TPSA) is 58.6 Å². The Kier molecular flexibility index (Phi) is 7.06. The smallest absolute Gasteiger partial charge is 0.266 e. The van der Waals surface area contributed by atoms with Crippen molar-refractivity contribution in [2.24, 2.45) is 0 Å². The zero-order chi connectivity index (χ0) is 20.8. The molecule has 1 N–H and O–H groups in total. The summed E-state index contributed by atoms with van der Waals surface area (Å²) in [5.41, 5.74) is 2.77. The zero-order valence-electron chi connectivity index (χ0n) is 16.3. The number of aryl methyl sites for hydroxylation is 1. The van der Waals surface area contributed by atoms with Crippen LogP contribution in [0.4, 0.5) is 5.69 Å². The third kappa shape index (κ3) is 5.68. The Labute approximate surface area is 180 Å². The number of thioether (sulfide) groups is 1. The number of benzene rings is 2. The minimum Gasteiger partial charge on any atom is -0.497 e. The van der Waals surface area contributed by atoms with Crippen molar-refractivity contribution in [2.45, 2.75) is 19.8 Å². The Bertz CT molecular complexity index is 955. The van der Waals surface area contributed by atoms with E-state index in [4.69, 9.17) is 17.0 Å². The van der Waals surface area contributed by atoms with E-state index < -0.39 is 0 Å². The van der Waals surface area contributed by atoms with Gasteiger partial charge in [-0.15, -0.1) is 0 Å². The van der Waals surface area contributed by atoms with E-state index in [1.807, 2.05) is 61.5 Å². The molecular formula is C22H22N2O3S2. The van der Waals surface area contributed by atoms with E-state index in [2.05, 4.69) is 5.32 Å². The molecule has 0 saturated carbocycles. The molecule has 1 aliphatic heterocycles. The van der Waals surface area contributed by atoms with Crippen LogP contribution in [0.3, 0.4) is 0 Å². The lowest BCUT2D eigenvalue weighted by Gasteiger charge is -2.14. The Morgan fingerprint density at radius 3 is 2.69 bits per heavy atom. The van der Waals surface area contributed by atoms with Crippen molar-refractivity contribution in [2.75, 3.05) is 19.0 Å². The maximum atomic E-state index is 12.7. The van der Waals surface area contributed by atoms with E-state index in [9.17, 15) is 9.59 Å². The van der Waals surface area contributed by atoms with Gasteiger partial charge in [-0.1, -0.05) is 48.2 Å². The van der Waals surface area contributed by atoms with Crippen LogP contribution in [0.1, 0.15) is 24.0 Å². The largest absolute Gasteiger partial charge is 0.497 e. The summed E-state index contributed by atoms with van der Waals surface area (Å²) in [6.07, 6.45) is 2.69. The number of carbonyl (C=O) groups is 2. The average molecular weight is 427 g/mol. The van der Waals surface area contributed by atoms with Crippen LogP contribution < -0.4 is 10.1 Å². The highest BCUT2D eigenvalue weighted by Crippen LogP contribution is 2.33. The fourth-order valence-electron chi connectivity index (χ4n) is 2.89. The molecule has 1 fully saturated rings. The highest BCUT2D eigenvalue weighted by atomic mass is 32.2. The number of hydrogen-bond donors (Lipinski definition) is 1. The number of amides is 2. The average Bonchev–Trinajstić information content (AvgIpc) is 2.96. The van der Waals surface area contributed by atoms with E-state index in [1.54, 1.807) is 12.0 Å². The minimum atomic E-state index is -0.116. The molecular weight excluding hydrogens is 404 g/mol. The molecule has 0 radical (unpaired) electrons. The number of hydrogen-bond acceptors (Lipinski definition) is 5. The Balaban J connectivity index is 1.53. The van der Waals surface area contributed by atoms with Crippen molar-refractivity contribution in [3.63, 3.8) is 0 Å². The highest BCUT2D eigenvalue weighted by molar-refractivity contribution is 8.26. The second kappa shape index (κ2) is 9.71. The second-order valence-corrected chi connectivity index (χ2v) is 8.30. The first kappa shape index (κ1) is 21.1. The first-order valence-electron chi connectivity index (χ1n) is 9.22. The quantitative estimate of drug-likeness (QED) is 0.517. The number of anilines is 1. The fourth-order valence-corrected chi connectivity index (χ4v) is 4.20. The third-order valence-electron chi connectivity index (χ3n) is 4.37. The van der Waals surface area contributed by atoms with Gasteiger partial charge in [-0.25, -0.2) is 0 Å². The van der Waals surface area contributed by atoms with Crippen LogP contribution in [0.2, 0.25) is 0 Å². The molecule has 2 aromatic rings. The molecule has 2 amide bonds. The molecule has 1 aliphatic rings. The molecule has 150 valence electrons. The van der Waals surface area contributed by atoms with Crippen molar-refractivity contribution in [1.82, 2.24) is 4.90 Å². The van der Waals surface area contributed by atoms with E-state index in [1.165, 1.54) is 11.8 Å². The van der Waals surface area contributed by atoms with E-state index >= 15 is 0 Å². The van der Waals surface area contributed by atoms with Gasteiger partial charge >= 0.3 is 0 Å². The summed E-state index contributed by atoms with van der Waals surface area (Å²) < 4.78 is 5.67. The molecule has 0 aromatic heterocycles. The lowest BCUT2D eigenvalue weighted by molar-refractivity contribution is -0.122. The number of nitrogens with one attached hydrogen (secondary N) is 1. The Morgan fingerprint density at radius 1 is 1.24 bits per heavy atom. The number of methoxy groups -OCH3 is 1. The predicted molar refractivity (Wildman–Crippen MR) is 122 cm³/mol. The van der Waals surface area contributed by atoms with Gasteiger partial charge in [0.1, 0.15) is 10.1 Å². The van der Waals surface area contributed by atoms with Gasteiger partial charge in [0.2, 0.25) is 5.91 Å². The summed E-state index contributed by atoms with van der Waals surface area (Å²) >= 11 is 6.64. The standard InChI is InChI=1S/C22H22N2O3S2/c1-15-5-3-6-17(13-15)23-20(25)7-4-12-24-21(26)19(29-22(24)28)14-16-8-10-18(27-2)11-9-16/h3,5-6,8-11,13-14H,4,7,12H2,1-2H3,(H,23,25)/b19-14-.